The van der Waals surface area contributed by atoms with Crippen molar-refractivity contribution < 1.29 is 0 Å². The largest absolute Gasteiger partial charge is 0.344 e. The molecule has 3 heteroatoms. The average Bonchev–Trinajstić information content (AvgIpc) is 2.86. The summed E-state index contributed by atoms with van der Waals surface area (Å²) in [7, 11) is 2.22. The monoisotopic (exact) mass is 352 g/mol. The van der Waals surface area contributed by atoms with E-state index in [0.717, 1.165) is 31.0 Å². The summed E-state index contributed by atoms with van der Waals surface area (Å²) in [5, 5.41) is 2.15. The van der Waals surface area contributed by atoms with Crippen molar-refractivity contribution in [1.29, 1.82) is 0 Å². The molecule has 0 fully saturated rings. The molecule has 2 heterocycles. The molecule has 1 atom stereocenters. The molecule has 0 radical (unpaired) electrons. The van der Waals surface area contributed by atoms with Crippen LogP contribution in [0.5, 0.6) is 0 Å². The first-order chi connectivity index (χ1) is 12.0. The zero-order valence-corrected chi connectivity index (χ0v) is 16.0. The Morgan fingerprint density at radius 3 is 2.80 bits per heavy atom. The summed E-state index contributed by atoms with van der Waals surface area (Å²) in [4.78, 5) is 2.44. The van der Waals surface area contributed by atoms with E-state index in [2.05, 4.69) is 66.8 Å². The minimum atomic E-state index is 0.574. The summed E-state index contributed by atoms with van der Waals surface area (Å²) in [6.07, 6.45) is 2.16. The van der Waals surface area contributed by atoms with Gasteiger partial charge in [0.15, 0.2) is 0 Å². The van der Waals surface area contributed by atoms with Crippen molar-refractivity contribution in [2.24, 2.45) is 0 Å². The molecule has 1 aliphatic rings. The van der Waals surface area contributed by atoms with Gasteiger partial charge in [-0.2, -0.15) is 0 Å². The van der Waals surface area contributed by atoms with Crippen molar-refractivity contribution in [1.82, 2.24) is 9.47 Å². The molecule has 25 heavy (non-hydrogen) atoms. The zero-order chi connectivity index (χ0) is 17.6. The van der Waals surface area contributed by atoms with Gasteiger partial charge in [-0.05, 0) is 56.6 Å². The van der Waals surface area contributed by atoms with Crippen molar-refractivity contribution >= 4 is 22.5 Å². The molecule has 0 saturated carbocycles. The number of hydrogen-bond donors (Lipinski definition) is 0. The predicted octanol–water partition coefficient (Wildman–Crippen LogP) is 5.22. The summed E-state index contributed by atoms with van der Waals surface area (Å²) in [5.74, 6) is 0. The van der Waals surface area contributed by atoms with Gasteiger partial charge in [-0.15, -0.1) is 0 Å². The Labute approximate surface area is 155 Å². The molecule has 130 valence electrons. The number of aryl methyl sites for hydroxylation is 3. The molecule has 0 N–H and O–H groups in total. The smallest absolute Gasteiger partial charge is 0.0487 e. The van der Waals surface area contributed by atoms with Crippen LogP contribution in [0.25, 0.3) is 10.9 Å². The van der Waals surface area contributed by atoms with Crippen LogP contribution in [0, 0.1) is 6.92 Å². The molecule has 3 aromatic rings. The molecule has 2 nitrogen and oxygen atoms in total. The fourth-order valence-corrected chi connectivity index (χ4v) is 4.24. The second-order valence-electron chi connectivity index (χ2n) is 7.45. The van der Waals surface area contributed by atoms with E-state index < -0.39 is 0 Å². The molecule has 0 bridgehead atoms. The number of likely N-dealkylation sites (N-methyl/N-ethyl adjacent to an activating group) is 1. The Morgan fingerprint density at radius 1 is 1.16 bits per heavy atom. The van der Waals surface area contributed by atoms with Crippen LogP contribution in [0.3, 0.4) is 0 Å². The first-order valence-electron chi connectivity index (χ1n) is 9.08. The van der Waals surface area contributed by atoms with Gasteiger partial charge in [0.05, 0.1) is 0 Å². The van der Waals surface area contributed by atoms with Gasteiger partial charge >= 0.3 is 0 Å². The quantitative estimate of drug-likeness (QED) is 0.627. The molecule has 0 spiro atoms. The Balaban J connectivity index is 1.76. The highest BCUT2D eigenvalue weighted by molar-refractivity contribution is 6.31. The van der Waals surface area contributed by atoms with Gasteiger partial charge in [-0.3, -0.25) is 4.90 Å². The number of hydrogen-bond acceptors (Lipinski definition) is 1. The molecule has 1 unspecified atom stereocenters. The number of nitrogens with zero attached hydrogens (tertiary/aromatic N) is 2. The number of benzene rings is 2. The lowest BCUT2D eigenvalue weighted by Crippen LogP contribution is -2.35. The highest BCUT2D eigenvalue weighted by Gasteiger charge is 2.26. The Bertz CT molecular complexity index is 925. The van der Waals surface area contributed by atoms with Gasteiger partial charge in [-0.1, -0.05) is 41.4 Å². The lowest BCUT2D eigenvalue weighted by molar-refractivity contribution is 0.228. The number of aromatic nitrogens is 1. The molecule has 0 amide bonds. The Morgan fingerprint density at radius 2 is 2.00 bits per heavy atom. The third-order valence-electron chi connectivity index (χ3n) is 5.60. The minimum absolute atomic E-state index is 0.574. The van der Waals surface area contributed by atoms with E-state index in [1.165, 1.54) is 33.3 Å². The van der Waals surface area contributed by atoms with Gasteiger partial charge in [0.1, 0.15) is 0 Å². The van der Waals surface area contributed by atoms with Crippen molar-refractivity contribution in [3.05, 3.63) is 69.9 Å². The summed E-state index contributed by atoms with van der Waals surface area (Å²) in [6.45, 7) is 6.51. The minimum Gasteiger partial charge on any atom is -0.344 e. The average molecular weight is 353 g/mol. The van der Waals surface area contributed by atoms with Gasteiger partial charge in [0.2, 0.25) is 0 Å². The van der Waals surface area contributed by atoms with Crippen molar-refractivity contribution in [2.75, 3.05) is 7.05 Å². The normalized spacial score (nSPS) is 17.8. The zero-order valence-electron chi connectivity index (χ0n) is 15.2. The van der Waals surface area contributed by atoms with E-state index in [4.69, 9.17) is 11.6 Å². The predicted molar refractivity (Wildman–Crippen MR) is 106 cm³/mol. The molecular weight excluding hydrogens is 328 g/mol. The molecule has 0 aliphatic carbocycles. The van der Waals surface area contributed by atoms with Crippen LogP contribution in [0.1, 0.15) is 29.3 Å². The maximum Gasteiger partial charge on any atom is 0.0487 e. The maximum absolute atomic E-state index is 6.30. The van der Waals surface area contributed by atoms with Crippen molar-refractivity contribution in [2.45, 2.75) is 45.8 Å². The number of halogens is 1. The fourth-order valence-electron chi connectivity index (χ4n) is 4.06. The Kier molecular flexibility index (Phi) is 4.35. The third kappa shape index (κ3) is 3.09. The summed E-state index contributed by atoms with van der Waals surface area (Å²) in [6, 6.07) is 15.8. The van der Waals surface area contributed by atoms with E-state index >= 15 is 0 Å². The summed E-state index contributed by atoms with van der Waals surface area (Å²) < 4.78 is 2.53. The Hall–Kier alpha value is -1.77. The molecule has 2 aromatic carbocycles. The third-order valence-corrected chi connectivity index (χ3v) is 5.84. The molecule has 1 aliphatic heterocycles. The van der Waals surface area contributed by atoms with Crippen LogP contribution >= 0.6 is 11.6 Å². The van der Waals surface area contributed by atoms with Crippen LogP contribution in [-0.2, 0) is 25.9 Å². The SMILES string of the molecule is Cc1cccc(CCn2c3c(c4cc(Cl)ccc42)CN(C)C(C)C3)c1. The second-order valence-corrected chi connectivity index (χ2v) is 7.88. The van der Waals surface area contributed by atoms with Gasteiger partial charge in [0.25, 0.3) is 0 Å². The summed E-state index contributed by atoms with van der Waals surface area (Å²) in [5.41, 5.74) is 7.02. The lowest BCUT2D eigenvalue weighted by atomic mass is 10.00. The number of fused-ring (bicyclic) bond motifs is 3. The van der Waals surface area contributed by atoms with Crippen LogP contribution in [0.15, 0.2) is 42.5 Å². The van der Waals surface area contributed by atoms with Crippen molar-refractivity contribution in [3.63, 3.8) is 0 Å². The highest BCUT2D eigenvalue weighted by atomic mass is 35.5. The van der Waals surface area contributed by atoms with Crippen molar-refractivity contribution in [3.8, 4) is 0 Å². The fraction of sp³-hybridized carbons (Fsp3) is 0.364. The van der Waals surface area contributed by atoms with E-state index in [1.807, 2.05) is 6.07 Å². The molecule has 1 aromatic heterocycles. The molecule has 0 saturated heterocycles. The van der Waals surface area contributed by atoms with E-state index in [0.29, 0.717) is 6.04 Å². The summed E-state index contributed by atoms with van der Waals surface area (Å²) >= 11 is 6.30. The van der Waals surface area contributed by atoms with E-state index in [-0.39, 0.29) is 0 Å². The first-order valence-corrected chi connectivity index (χ1v) is 9.46. The van der Waals surface area contributed by atoms with E-state index in [9.17, 15) is 0 Å². The van der Waals surface area contributed by atoms with Crippen LogP contribution in [0.4, 0.5) is 0 Å². The number of rotatable bonds is 3. The van der Waals surface area contributed by atoms with E-state index in [1.54, 1.807) is 0 Å². The standard InChI is InChI=1S/C22H25ClN2/c1-15-5-4-6-17(11-15)9-10-25-21-8-7-18(23)13-19(21)20-14-24(3)16(2)12-22(20)25/h4-8,11,13,16H,9-10,12,14H2,1-3H3. The van der Waals surface area contributed by atoms with Crippen LogP contribution in [0.2, 0.25) is 5.02 Å². The van der Waals surface area contributed by atoms with Crippen LogP contribution in [-0.4, -0.2) is 22.6 Å². The van der Waals surface area contributed by atoms with Gasteiger partial charge in [-0.25, -0.2) is 0 Å². The highest BCUT2D eigenvalue weighted by Crippen LogP contribution is 2.34. The maximum atomic E-state index is 6.30. The first kappa shape index (κ1) is 16.7. The van der Waals surface area contributed by atoms with Crippen LogP contribution < -0.4 is 0 Å². The lowest BCUT2D eigenvalue weighted by Gasteiger charge is -2.31. The van der Waals surface area contributed by atoms with Gasteiger partial charge in [0, 0.05) is 47.2 Å². The van der Waals surface area contributed by atoms with Gasteiger partial charge < -0.3 is 4.57 Å². The molecular formula is C22H25ClN2. The second kappa shape index (κ2) is 6.51. The topological polar surface area (TPSA) is 8.17 Å². The molecule has 4 rings (SSSR count).